The van der Waals surface area contributed by atoms with Gasteiger partial charge in [0.1, 0.15) is 0 Å². The third-order valence-corrected chi connectivity index (χ3v) is 1.43. The van der Waals surface area contributed by atoms with Crippen LogP contribution in [0.3, 0.4) is 0 Å². The van der Waals surface area contributed by atoms with E-state index in [1.54, 1.807) is 0 Å². The fraction of sp³-hybridized carbons (Fsp3) is 0.222. The Morgan fingerprint density at radius 1 is 1.18 bits per heavy atom. The molecule has 1 N–H and O–H groups in total. The van der Waals surface area contributed by atoms with Crippen LogP contribution in [0.4, 0.5) is 0 Å². The van der Waals surface area contributed by atoms with Crippen molar-refractivity contribution in [3.05, 3.63) is 42.9 Å². The molecule has 0 radical (unpaired) electrons. The van der Waals surface area contributed by atoms with Crippen LogP contribution >= 0.6 is 0 Å². The molecular formula is C9H12NRf-. The Morgan fingerprint density at radius 2 is 1.82 bits per heavy atom. The molecule has 0 saturated heterocycles. The van der Waals surface area contributed by atoms with Crippen molar-refractivity contribution in [3.8, 4) is 0 Å². The Kier molecular flexibility index (Phi) is 4.18. The molecule has 0 aliphatic heterocycles. The molecule has 1 nitrogen and oxygen atoms in total. The fourth-order valence-electron chi connectivity index (χ4n) is 0.877. The summed E-state index contributed by atoms with van der Waals surface area (Å²) in [6.07, 6.45) is 1.06. The van der Waals surface area contributed by atoms with Crippen LogP contribution in [0, 0.1) is 7.05 Å². The summed E-state index contributed by atoms with van der Waals surface area (Å²) in [6, 6.07) is 10.4. The first-order valence-corrected chi connectivity index (χ1v) is 3.47. The van der Waals surface area contributed by atoms with Gasteiger partial charge in [0.2, 0.25) is 0 Å². The van der Waals surface area contributed by atoms with E-state index in [1.807, 2.05) is 6.07 Å². The predicted octanol–water partition coefficient (Wildman–Crippen LogP) is 1.61. The van der Waals surface area contributed by atoms with Crippen LogP contribution in [0.15, 0.2) is 30.3 Å². The number of benzene rings is 1. The summed E-state index contributed by atoms with van der Waals surface area (Å²) >= 11 is 0. The van der Waals surface area contributed by atoms with Gasteiger partial charge in [0.05, 0.1) is 0 Å². The molecule has 0 unspecified atom stereocenters. The van der Waals surface area contributed by atoms with Crippen molar-refractivity contribution in [2.75, 3.05) is 6.54 Å². The molecular weight excluding hydrogens is 389 g/mol. The zero-order valence-corrected chi connectivity index (χ0v) is 13.1. The zero-order valence-electron chi connectivity index (χ0n) is 6.72. The molecule has 0 atom stereocenters. The van der Waals surface area contributed by atoms with E-state index in [0.29, 0.717) is 0 Å². The molecule has 0 aromatic heterocycles. The summed E-state index contributed by atoms with van der Waals surface area (Å²) in [4.78, 5) is 0. The van der Waals surface area contributed by atoms with Crippen LogP contribution in [0.1, 0.15) is 5.56 Å². The van der Waals surface area contributed by atoms with Gasteiger partial charge in [-0.25, -0.2) is 0 Å². The van der Waals surface area contributed by atoms with Gasteiger partial charge in [0.15, 0.2) is 0 Å². The van der Waals surface area contributed by atoms with Crippen molar-refractivity contribution >= 4 is 0 Å². The van der Waals surface area contributed by atoms with Crippen LogP contribution in [-0.2, 0) is 6.42 Å². The van der Waals surface area contributed by atoms with Gasteiger partial charge in [-0.3, -0.25) is 7.05 Å². The largest absolute Gasteiger partial charge is 0.472 e. The van der Waals surface area contributed by atoms with Crippen molar-refractivity contribution in [1.82, 2.24) is 5.32 Å². The van der Waals surface area contributed by atoms with E-state index in [-0.39, 0.29) is 0 Å². The maximum atomic E-state index is 3.55. The van der Waals surface area contributed by atoms with E-state index in [9.17, 15) is 0 Å². The summed E-state index contributed by atoms with van der Waals surface area (Å²) < 4.78 is 0. The average Bonchev–Trinajstić information content (AvgIpc) is 2.03. The first kappa shape index (κ1) is 9.18. The second-order valence-corrected chi connectivity index (χ2v) is 2.24. The van der Waals surface area contributed by atoms with Crippen LogP contribution in [0.2, 0.25) is 0 Å². The van der Waals surface area contributed by atoms with E-state index >= 15 is 0 Å². The standard InChI is InChI=1S/C9H12N.Rf/c1-10-8-7-9-5-3-2-4-6-9;/h2-6,10H,1,7-8H2;/q-1;. The summed E-state index contributed by atoms with van der Waals surface area (Å²) in [5.74, 6) is 0. The van der Waals surface area contributed by atoms with Crippen LogP contribution in [0.25, 0.3) is 0 Å². The molecule has 56 valence electrons. The summed E-state index contributed by atoms with van der Waals surface area (Å²) in [7, 11) is 3.55. The summed E-state index contributed by atoms with van der Waals surface area (Å²) in [6.45, 7) is 0.948. The van der Waals surface area contributed by atoms with Crippen LogP contribution < -0.4 is 5.32 Å². The monoisotopic (exact) mass is 401 g/mol. The normalized spacial score (nSPS) is 8.82. The minimum Gasteiger partial charge on any atom is -0.472 e. The number of hydrogen-bond donors (Lipinski definition) is 1. The van der Waals surface area contributed by atoms with Gasteiger partial charge in [-0.15, -0.1) is 0 Å². The zero-order chi connectivity index (χ0) is 7.23. The molecule has 11 heavy (non-hydrogen) atoms. The van der Waals surface area contributed by atoms with Gasteiger partial charge in [-0.1, -0.05) is 30.3 Å². The second kappa shape index (κ2) is 5.00. The molecule has 0 heterocycles. The average molecular weight is 401 g/mol. The molecule has 0 bridgehead atoms. The van der Waals surface area contributed by atoms with Gasteiger partial charge in [0.25, 0.3) is 0 Å². The van der Waals surface area contributed by atoms with Crippen molar-refractivity contribution in [2.24, 2.45) is 0 Å². The molecule has 0 aliphatic rings. The number of hydrogen-bond acceptors (Lipinski definition) is 1. The number of rotatable bonds is 3. The van der Waals surface area contributed by atoms with Gasteiger partial charge in [0, 0.05) is 0 Å². The van der Waals surface area contributed by atoms with Crippen molar-refractivity contribution in [3.63, 3.8) is 0 Å². The minimum absolute atomic E-state index is 0. The minimum atomic E-state index is 0. The molecule has 0 saturated carbocycles. The van der Waals surface area contributed by atoms with E-state index in [1.165, 1.54) is 5.56 Å². The van der Waals surface area contributed by atoms with Crippen LogP contribution in [0.5, 0.6) is 0 Å². The van der Waals surface area contributed by atoms with E-state index in [2.05, 4.69) is 36.6 Å². The first-order chi connectivity index (χ1) is 4.93. The predicted molar refractivity (Wildman–Crippen MR) is 43.5 cm³/mol. The van der Waals surface area contributed by atoms with Gasteiger partial charge < -0.3 is 5.32 Å². The van der Waals surface area contributed by atoms with Crippen molar-refractivity contribution in [2.45, 2.75) is 6.42 Å². The fourth-order valence-corrected chi connectivity index (χ4v) is 0.877. The molecule has 0 aliphatic carbocycles. The van der Waals surface area contributed by atoms with E-state index in [4.69, 9.17) is 0 Å². The van der Waals surface area contributed by atoms with E-state index < -0.39 is 0 Å². The topological polar surface area (TPSA) is 12.0 Å². The molecule has 1 rings (SSSR count). The van der Waals surface area contributed by atoms with Gasteiger partial charge >= 0.3 is 0 Å². The van der Waals surface area contributed by atoms with Gasteiger partial charge in [-0.2, -0.15) is 0 Å². The Hall–Kier alpha value is -1.82. The summed E-state index contributed by atoms with van der Waals surface area (Å²) in [5.41, 5.74) is 1.36. The molecule has 1 aromatic carbocycles. The second-order valence-electron chi connectivity index (χ2n) is 2.24. The number of nitrogens with one attached hydrogen (secondary N) is 1. The Morgan fingerprint density at radius 3 is 2.36 bits per heavy atom. The summed E-state index contributed by atoms with van der Waals surface area (Å²) in [5, 5.41) is 2.87. The van der Waals surface area contributed by atoms with E-state index in [0.717, 1.165) is 13.0 Å². The third-order valence-electron chi connectivity index (χ3n) is 1.43. The Balaban J connectivity index is 0.000001000. The van der Waals surface area contributed by atoms with Gasteiger partial charge in [-0.05, 0) is 18.5 Å². The quantitative estimate of drug-likeness (QED) is 0.760. The maximum absolute atomic E-state index is 3.55. The first-order valence-electron chi connectivity index (χ1n) is 3.47. The van der Waals surface area contributed by atoms with Crippen LogP contribution in [-0.4, -0.2) is 6.54 Å². The Bertz CT molecular complexity index is 174. The molecule has 0 spiro atoms. The maximum Gasteiger partial charge on any atom is 0 e. The third kappa shape index (κ3) is 3.01. The smallest absolute Gasteiger partial charge is 0 e. The molecule has 1 aromatic rings. The Labute approximate surface area is 62.1 Å². The molecule has 0 fully saturated rings. The molecule has 0 amide bonds. The SMILES string of the molecule is [CH2-]NCCc1ccccc1.[Rf]. The van der Waals surface area contributed by atoms with Crippen molar-refractivity contribution in [1.29, 1.82) is 0 Å². The molecule has 2 heteroatoms. The van der Waals surface area contributed by atoms with Crippen molar-refractivity contribution < 1.29 is 0 Å².